The first-order valence-electron chi connectivity index (χ1n) is 10.6. The number of hydrazone groups is 1. The van der Waals surface area contributed by atoms with Gasteiger partial charge in [-0.25, -0.2) is 5.43 Å². The van der Waals surface area contributed by atoms with Crippen molar-refractivity contribution in [2.75, 3.05) is 0 Å². The Hall–Kier alpha value is -2.49. The summed E-state index contributed by atoms with van der Waals surface area (Å²) in [5.74, 6) is -0.0227. The zero-order valence-corrected chi connectivity index (χ0v) is 17.1. The van der Waals surface area contributed by atoms with Gasteiger partial charge in [-0.2, -0.15) is 5.10 Å². The smallest absolute Gasteiger partial charge is 0.240 e. The SMILES string of the molecule is CCCCCCCCCCCC(=O)NN=C(c1ccccc1)c1ccncc1. The van der Waals surface area contributed by atoms with Crippen molar-refractivity contribution in [2.45, 2.75) is 71.1 Å². The lowest BCUT2D eigenvalue weighted by atomic mass is 10.0. The van der Waals surface area contributed by atoms with Crippen molar-refractivity contribution in [3.63, 3.8) is 0 Å². The highest BCUT2D eigenvalue weighted by Crippen LogP contribution is 2.11. The van der Waals surface area contributed by atoms with Crippen LogP contribution in [0.2, 0.25) is 0 Å². The molecule has 28 heavy (non-hydrogen) atoms. The molecular weight excluding hydrogens is 346 g/mol. The second kappa shape index (κ2) is 13.6. The monoisotopic (exact) mass is 379 g/mol. The first kappa shape index (κ1) is 21.8. The topological polar surface area (TPSA) is 54.4 Å². The molecule has 0 atom stereocenters. The molecule has 2 rings (SSSR count). The standard InChI is InChI=1S/C24H33N3O/c1-2-3-4-5-6-7-8-9-13-16-23(28)26-27-24(21-14-11-10-12-15-21)22-17-19-25-20-18-22/h10-12,14-15,17-20H,2-9,13,16H2,1H3,(H,26,28). The number of carbonyl (C=O) groups excluding carboxylic acids is 1. The number of rotatable bonds is 13. The number of carbonyl (C=O) groups is 1. The van der Waals surface area contributed by atoms with Gasteiger partial charge in [-0.3, -0.25) is 9.78 Å². The molecule has 0 unspecified atom stereocenters. The van der Waals surface area contributed by atoms with Crippen molar-refractivity contribution in [2.24, 2.45) is 5.10 Å². The van der Waals surface area contributed by atoms with Crippen LogP contribution in [0.4, 0.5) is 0 Å². The molecule has 0 aliphatic heterocycles. The number of pyridine rings is 1. The zero-order valence-electron chi connectivity index (χ0n) is 17.1. The second-order valence-electron chi connectivity index (χ2n) is 7.18. The highest BCUT2D eigenvalue weighted by molar-refractivity contribution is 6.13. The first-order chi connectivity index (χ1) is 13.8. The molecular formula is C24H33N3O. The van der Waals surface area contributed by atoms with Gasteiger partial charge in [-0.1, -0.05) is 88.6 Å². The Labute approximate surface area is 169 Å². The van der Waals surface area contributed by atoms with E-state index in [0.29, 0.717) is 6.42 Å². The normalized spacial score (nSPS) is 11.4. The molecule has 0 saturated carbocycles. The minimum atomic E-state index is -0.0227. The van der Waals surface area contributed by atoms with E-state index in [0.717, 1.165) is 29.7 Å². The van der Waals surface area contributed by atoms with E-state index in [-0.39, 0.29) is 5.91 Å². The maximum Gasteiger partial charge on any atom is 0.240 e. The van der Waals surface area contributed by atoms with Crippen molar-refractivity contribution >= 4 is 11.6 Å². The van der Waals surface area contributed by atoms with Crippen LogP contribution < -0.4 is 5.43 Å². The lowest BCUT2D eigenvalue weighted by Crippen LogP contribution is -2.20. The highest BCUT2D eigenvalue weighted by Gasteiger charge is 2.08. The van der Waals surface area contributed by atoms with E-state index >= 15 is 0 Å². The molecule has 1 aromatic carbocycles. The van der Waals surface area contributed by atoms with Crippen LogP contribution >= 0.6 is 0 Å². The molecule has 0 bridgehead atoms. The number of hydrogen-bond acceptors (Lipinski definition) is 3. The van der Waals surface area contributed by atoms with Crippen LogP contribution in [0.1, 0.15) is 82.3 Å². The molecule has 0 fully saturated rings. The summed E-state index contributed by atoms with van der Waals surface area (Å²) in [4.78, 5) is 16.2. The fourth-order valence-electron chi connectivity index (χ4n) is 3.17. The van der Waals surface area contributed by atoms with E-state index in [9.17, 15) is 4.79 Å². The minimum Gasteiger partial charge on any atom is -0.273 e. The molecule has 0 aliphatic carbocycles. The van der Waals surface area contributed by atoms with Crippen LogP contribution in [0.15, 0.2) is 60.0 Å². The Morgan fingerprint density at radius 2 is 1.39 bits per heavy atom. The minimum absolute atomic E-state index is 0.0227. The third-order valence-corrected chi connectivity index (χ3v) is 4.80. The fraction of sp³-hybridized carbons (Fsp3) is 0.458. The van der Waals surface area contributed by atoms with E-state index in [1.54, 1.807) is 12.4 Å². The van der Waals surface area contributed by atoms with Crippen molar-refractivity contribution in [1.82, 2.24) is 10.4 Å². The summed E-state index contributed by atoms with van der Waals surface area (Å²) in [6, 6.07) is 13.7. The maximum atomic E-state index is 12.2. The predicted molar refractivity (Wildman–Crippen MR) is 116 cm³/mol. The molecule has 0 radical (unpaired) electrons. The third-order valence-electron chi connectivity index (χ3n) is 4.80. The molecule has 4 nitrogen and oxygen atoms in total. The van der Waals surface area contributed by atoms with Crippen LogP contribution in [0.25, 0.3) is 0 Å². The number of nitrogens with one attached hydrogen (secondary N) is 1. The summed E-state index contributed by atoms with van der Waals surface area (Å²) in [6.45, 7) is 2.25. The first-order valence-corrected chi connectivity index (χ1v) is 10.6. The summed E-state index contributed by atoms with van der Waals surface area (Å²) < 4.78 is 0. The molecule has 150 valence electrons. The number of nitrogens with zero attached hydrogens (tertiary/aromatic N) is 2. The Bertz CT molecular complexity index is 657. The van der Waals surface area contributed by atoms with Crippen molar-refractivity contribution in [3.8, 4) is 0 Å². The van der Waals surface area contributed by atoms with Gasteiger partial charge in [0.05, 0.1) is 5.71 Å². The lowest BCUT2D eigenvalue weighted by Gasteiger charge is -2.08. The Morgan fingerprint density at radius 1 is 0.821 bits per heavy atom. The molecule has 0 saturated heterocycles. The summed E-state index contributed by atoms with van der Waals surface area (Å²) in [6.07, 6.45) is 15.2. The van der Waals surface area contributed by atoms with Crippen molar-refractivity contribution in [3.05, 3.63) is 66.0 Å². The molecule has 1 aromatic heterocycles. The van der Waals surface area contributed by atoms with Crippen molar-refractivity contribution < 1.29 is 4.79 Å². The molecule has 0 aliphatic rings. The van der Waals surface area contributed by atoms with Crippen LogP contribution in [0.3, 0.4) is 0 Å². The number of aromatic nitrogens is 1. The van der Waals surface area contributed by atoms with Gasteiger partial charge in [0.2, 0.25) is 5.91 Å². The van der Waals surface area contributed by atoms with Gasteiger partial charge in [0.1, 0.15) is 0 Å². The molecule has 1 amide bonds. The number of amides is 1. The van der Waals surface area contributed by atoms with Crippen LogP contribution in [-0.2, 0) is 4.79 Å². The van der Waals surface area contributed by atoms with Gasteiger partial charge in [-0.05, 0) is 18.6 Å². The quantitative estimate of drug-likeness (QED) is 0.269. The Morgan fingerprint density at radius 3 is 2.04 bits per heavy atom. The Balaban J connectivity index is 1.75. The van der Waals surface area contributed by atoms with Gasteiger partial charge < -0.3 is 0 Å². The van der Waals surface area contributed by atoms with Gasteiger partial charge in [0.15, 0.2) is 0 Å². The number of unbranched alkanes of at least 4 members (excludes halogenated alkanes) is 8. The molecule has 1 heterocycles. The summed E-state index contributed by atoms with van der Waals surface area (Å²) in [5, 5.41) is 4.41. The van der Waals surface area contributed by atoms with Crippen molar-refractivity contribution in [1.29, 1.82) is 0 Å². The average Bonchev–Trinajstić information content (AvgIpc) is 2.74. The average molecular weight is 380 g/mol. The Kier molecular flexibility index (Phi) is 10.6. The highest BCUT2D eigenvalue weighted by atomic mass is 16.2. The van der Waals surface area contributed by atoms with E-state index in [4.69, 9.17) is 0 Å². The third kappa shape index (κ3) is 8.47. The lowest BCUT2D eigenvalue weighted by molar-refractivity contribution is -0.121. The number of benzene rings is 1. The molecule has 1 N–H and O–H groups in total. The van der Waals surface area contributed by atoms with Crippen LogP contribution in [0, 0.1) is 0 Å². The summed E-state index contributed by atoms with van der Waals surface area (Å²) >= 11 is 0. The summed E-state index contributed by atoms with van der Waals surface area (Å²) in [7, 11) is 0. The molecule has 0 spiro atoms. The van der Waals surface area contributed by atoms with E-state index in [2.05, 4.69) is 22.4 Å². The van der Waals surface area contributed by atoms with E-state index in [1.165, 1.54) is 44.9 Å². The molecule has 4 heteroatoms. The van der Waals surface area contributed by atoms with E-state index in [1.807, 2.05) is 42.5 Å². The molecule has 2 aromatic rings. The summed E-state index contributed by atoms with van der Waals surface area (Å²) in [5.41, 5.74) is 5.39. The van der Waals surface area contributed by atoms with Crippen LogP contribution in [-0.4, -0.2) is 16.6 Å². The predicted octanol–water partition coefficient (Wildman–Crippen LogP) is 5.87. The maximum absolute atomic E-state index is 12.2. The van der Waals surface area contributed by atoms with Gasteiger partial charge in [-0.15, -0.1) is 0 Å². The second-order valence-corrected chi connectivity index (χ2v) is 7.18. The van der Waals surface area contributed by atoms with Gasteiger partial charge >= 0.3 is 0 Å². The zero-order chi connectivity index (χ0) is 19.9. The van der Waals surface area contributed by atoms with Gasteiger partial charge in [0.25, 0.3) is 0 Å². The van der Waals surface area contributed by atoms with Crippen LogP contribution in [0.5, 0.6) is 0 Å². The fourth-order valence-corrected chi connectivity index (χ4v) is 3.17. The van der Waals surface area contributed by atoms with Gasteiger partial charge in [0, 0.05) is 29.9 Å². The van der Waals surface area contributed by atoms with E-state index < -0.39 is 0 Å². The largest absolute Gasteiger partial charge is 0.273 e. The number of hydrogen-bond donors (Lipinski definition) is 1.